The van der Waals surface area contributed by atoms with E-state index in [0.29, 0.717) is 11.3 Å². The molecule has 0 aliphatic heterocycles. The average Bonchev–Trinajstić information content (AvgIpc) is 3.00. The van der Waals surface area contributed by atoms with Gasteiger partial charge >= 0.3 is 6.18 Å². The second kappa shape index (κ2) is 6.43. The molecule has 0 saturated carbocycles. The molecule has 1 aromatic heterocycles. The van der Waals surface area contributed by atoms with Gasteiger partial charge in [0.2, 0.25) is 5.76 Å². The highest BCUT2D eigenvalue weighted by atomic mass is 19.4. The Hall–Kier alpha value is -2.69. The number of hydrogen-bond donors (Lipinski definition) is 0. The summed E-state index contributed by atoms with van der Waals surface area (Å²) >= 11 is 0. The molecule has 0 aliphatic rings. The topological polar surface area (TPSA) is 22.4 Å². The van der Waals surface area contributed by atoms with E-state index in [9.17, 15) is 13.2 Å². The van der Waals surface area contributed by atoms with E-state index in [1.165, 1.54) is 6.07 Å². The number of methoxy groups -OCH3 is 1. The molecule has 0 radical (unpaired) electrons. The van der Waals surface area contributed by atoms with Crippen molar-refractivity contribution in [3.63, 3.8) is 0 Å². The molecule has 24 heavy (non-hydrogen) atoms. The van der Waals surface area contributed by atoms with Gasteiger partial charge < -0.3 is 9.15 Å². The van der Waals surface area contributed by atoms with Crippen LogP contribution in [0.3, 0.4) is 0 Å². The number of hydrogen-bond acceptors (Lipinski definition) is 2. The van der Waals surface area contributed by atoms with E-state index in [4.69, 9.17) is 9.15 Å². The van der Waals surface area contributed by atoms with Crippen molar-refractivity contribution in [1.82, 2.24) is 0 Å². The van der Waals surface area contributed by atoms with Crippen LogP contribution in [-0.4, -0.2) is 7.11 Å². The summed E-state index contributed by atoms with van der Waals surface area (Å²) in [5.41, 5.74) is 1.48. The summed E-state index contributed by atoms with van der Waals surface area (Å²) in [6, 6.07) is 17.1. The maximum absolute atomic E-state index is 13.3. The summed E-state index contributed by atoms with van der Waals surface area (Å²) in [6.45, 7) is 0. The summed E-state index contributed by atoms with van der Waals surface area (Å²) in [7, 11) is 1.54. The normalized spacial score (nSPS) is 11.5. The molecule has 0 N–H and O–H groups in total. The Morgan fingerprint density at radius 2 is 1.62 bits per heavy atom. The van der Waals surface area contributed by atoms with Crippen molar-refractivity contribution in [2.75, 3.05) is 7.11 Å². The predicted molar refractivity (Wildman–Crippen MR) is 84.9 cm³/mol. The van der Waals surface area contributed by atoms with Gasteiger partial charge in [0.25, 0.3) is 0 Å². The summed E-state index contributed by atoms with van der Waals surface area (Å²) in [5.74, 6) is -0.0735. The van der Waals surface area contributed by atoms with Gasteiger partial charge in [0.05, 0.1) is 7.11 Å². The monoisotopic (exact) mass is 332 g/mol. The highest BCUT2D eigenvalue weighted by molar-refractivity contribution is 5.59. The van der Waals surface area contributed by atoms with E-state index in [1.54, 1.807) is 61.7 Å². The van der Waals surface area contributed by atoms with Crippen LogP contribution in [0.4, 0.5) is 13.2 Å². The maximum Gasteiger partial charge on any atom is 0.449 e. The second-order valence-electron chi connectivity index (χ2n) is 5.35. The number of ether oxygens (including phenoxy) is 1. The van der Waals surface area contributed by atoms with Crippen molar-refractivity contribution in [1.29, 1.82) is 0 Å². The predicted octanol–water partition coefficient (Wildman–Crippen LogP) is 5.56. The molecule has 0 amide bonds. The molecule has 0 bridgehead atoms. The zero-order chi connectivity index (χ0) is 17.2. The molecule has 5 heteroatoms. The van der Waals surface area contributed by atoms with Crippen molar-refractivity contribution in [3.8, 4) is 17.1 Å². The molecule has 0 saturated heterocycles. The average molecular weight is 332 g/mol. The van der Waals surface area contributed by atoms with Gasteiger partial charge in [-0.25, -0.2) is 0 Å². The highest BCUT2D eigenvalue weighted by Crippen LogP contribution is 2.38. The molecule has 2 nitrogen and oxygen atoms in total. The standard InChI is InChI=1S/C19H15F3O2/c1-23-16-9-7-13(8-10-16)11-15-12-17(14-5-3-2-4-6-14)24-18(15)19(20,21)22/h2-10,12H,11H2,1H3. The summed E-state index contributed by atoms with van der Waals surface area (Å²) < 4.78 is 50.0. The Morgan fingerprint density at radius 1 is 0.958 bits per heavy atom. The van der Waals surface area contributed by atoms with Gasteiger partial charge in [0.1, 0.15) is 11.5 Å². The van der Waals surface area contributed by atoms with Crippen molar-refractivity contribution < 1.29 is 22.3 Å². The van der Waals surface area contributed by atoms with Crippen LogP contribution in [0, 0.1) is 0 Å². The third-order valence-electron chi connectivity index (χ3n) is 3.68. The lowest BCUT2D eigenvalue weighted by atomic mass is 10.0. The molecule has 0 fully saturated rings. The first-order valence-electron chi connectivity index (χ1n) is 7.35. The minimum absolute atomic E-state index is 0.117. The fraction of sp³-hybridized carbons (Fsp3) is 0.158. The quantitative estimate of drug-likeness (QED) is 0.623. The van der Waals surface area contributed by atoms with Gasteiger partial charge in [-0.05, 0) is 23.8 Å². The second-order valence-corrected chi connectivity index (χ2v) is 5.35. The number of rotatable bonds is 4. The van der Waals surface area contributed by atoms with Crippen LogP contribution in [0.15, 0.2) is 65.1 Å². The first-order chi connectivity index (χ1) is 11.5. The van der Waals surface area contributed by atoms with E-state index in [2.05, 4.69) is 0 Å². The van der Waals surface area contributed by atoms with Gasteiger partial charge in [-0.2, -0.15) is 13.2 Å². The molecule has 0 atom stereocenters. The van der Waals surface area contributed by atoms with Gasteiger partial charge in [-0.15, -0.1) is 0 Å². The Morgan fingerprint density at radius 3 is 2.21 bits per heavy atom. The van der Waals surface area contributed by atoms with Crippen LogP contribution in [-0.2, 0) is 12.6 Å². The first kappa shape index (κ1) is 16.2. The van der Waals surface area contributed by atoms with Gasteiger partial charge in [-0.1, -0.05) is 42.5 Å². The van der Waals surface area contributed by atoms with E-state index in [1.807, 2.05) is 0 Å². The molecule has 1 heterocycles. The molecule has 124 valence electrons. The van der Waals surface area contributed by atoms with Crippen LogP contribution in [0.5, 0.6) is 5.75 Å². The van der Waals surface area contributed by atoms with Crippen LogP contribution in [0.25, 0.3) is 11.3 Å². The summed E-state index contributed by atoms with van der Waals surface area (Å²) in [4.78, 5) is 0. The molecular formula is C19H15F3O2. The Bertz CT molecular complexity index is 803. The summed E-state index contributed by atoms with van der Waals surface area (Å²) in [6.07, 6.45) is -4.40. The van der Waals surface area contributed by atoms with Crippen LogP contribution in [0.2, 0.25) is 0 Å². The molecule has 0 spiro atoms. The number of alkyl halides is 3. The SMILES string of the molecule is COc1ccc(Cc2cc(-c3ccccc3)oc2C(F)(F)F)cc1. The van der Waals surface area contributed by atoms with Crippen LogP contribution in [0.1, 0.15) is 16.9 Å². The van der Waals surface area contributed by atoms with Crippen molar-refractivity contribution in [2.45, 2.75) is 12.6 Å². The molecule has 3 rings (SSSR count). The van der Waals surface area contributed by atoms with E-state index < -0.39 is 11.9 Å². The zero-order valence-corrected chi connectivity index (χ0v) is 12.9. The number of furan rings is 1. The van der Waals surface area contributed by atoms with Crippen molar-refractivity contribution in [3.05, 3.63) is 77.6 Å². The lowest BCUT2D eigenvalue weighted by molar-refractivity contribution is -0.153. The molecule has 0 aliphatic carbocycles. The molecule has 2 aromatic carbocycles. The first-order valence-corrected chi connectivity index (χ1v) is 7.35. The van der Waals surface area contributed by atoms with Gasteiger partial charge in [0.15, 0.2) is 0 Å². The zero-order valence-electron chi connectivity index (χ0n) is 12.9. The number of halogens is 3. The van der Waals surface area contributed by atoms with Crippen molar-refractivity contribution in [2.24, 2.45) is 0 Å². The van der Waals surface area contributed by atoms with E-state index in [-0.39, 0.29) is 17.7 Å². The third kappa shape index (κ3) is 3.45. The minimum atomic E-state index is -4.53. The lowest BCUT2D eigenvalue weighted by Gasteiger charge is -2.07. The molecule has 0 unspecified atom stereocenters. The maximum atomic E-state index is 13.3. The molecule has 3 aromatic rings. The van der Waals surface area contributed by atoms with E-state index >= 15 is 0 Å². The smallest absolute Gasteiger partial charge is 0.449 e. The minimum Gasteiger partial charge on any atom is -0.497 e. The fourth-order valence-electron chi connectivity index (χ4n) is 2.51. The van der Waals surface area contributed by atoms with Gasteiger partial charge in [0, 0.05) is 17.5 Å². The Balaban J connectivity index is 1.97. The summed E-state index contributed by atoms with van der Waals surface area (Å²) in [5, 5.41) is 0. The molecular weight excluding hydrogens is 317 g/mol. The van der Waals surface area contributed by atoms with Crippen LogP contribution >= 0.6 is 0 Å². The Labute approximate surface area is 137 Å². The Kier molecular flexibility index (Phi) is 4.34. The van der Waals surface area contributed by atoms with E-state index in [0.717, 1.165) is 5.56 Å². The fourth-order valence-corrected chi connectivity index (χ4v) is 2.51. The largest absolute Gasteiger partial charge is 0.497 e. The van der Waals surface area contributed by atoms with Crippen LogP contribution < -0.4 is 4.74 Å². The van der Waals surface area contributed by atoms with Gasteiger partial charge in [-0.3, -0.25) is 0 Å². The third-order valence-corrected chi connectivity index (χ3v) is 3.68. The highest BCUT2D eigenvalue weighted by Gasteiger charge is 2.38. The number of benzene rings is 2. The van der Waals surface area contributed by atoms with Crippen molar-refractivity contribution >= 4 is 0 Å². The lowest BCUT2D eigenvalue weighted by Crippen LogP contribution is -2.06.